The lowest BCUT2D eigenvalue weighted by Crippen LogP contribution is -3.11. The van der Waals surface area contributed by atoms with Gasteiger partial charge < -0.3 is 24.7 Å². The third kappa shape index (κ3) is 4.28. The predicted octanol–water partition coefficient (Wildman–Crippen LogP) is 2.26. The number of fused-ring (bicyclic) bond motifs is 1. The molecule has 3 N–H and O–H groups in total. The molecule has 2 aromatic carbocycles. The van der Waals surface area contributed by atoms with Crippen LogP contribution in [0.1, 0.15) is 30.0 Å². The first-order valence-electron chi connectivity index (χ1n) is 10.6. The summed E-state index contributed by atoms with van der Waals surface area (Å²) >= 11 is 0. The molecule has 0 saturated carbocycles. The van der Waals surface area contributed by atoms with Crippen LogP contribution in [0.25, 0.3) is 10.9 Å². The Balaban J connectivity index is 1.36. The standard InChI is InChI=1S/C24H29N3O3/c1-29-18-9-10-23(30-2)20(14-18)22-8-5-13-27(22)16-24(28)25-12-11-17-15-26-21-7-4-3-6-19(17)21/h3-4,6-7,9-10,14-15,22,26H,5,8,11-13,16H2,1-2H3,(H,25,28)/p+1/t22-/m1/s1. The third-order valence-corrected chi connectivity index (χ3v) is 6.07. The maximum absolute atomic E-state index is 12.6. The number of quaternary nitrogens is 1. The van der Waals surface area contributed by atoms with Crippen molar-refractivity contribution in [3.63, 3.8) is 0 Å². The Morgan fingerprint density at radius 2 is 2.07 bits per heavy atom. The van der Waals surface area contributed by atoms with Crippen LogP contribution in [0.4, 0.5) is 0 Å². The number of benzene rings is 2. The van der Waals surface area contributed by atoms with Gasteiger partial charge in [-0.3, -0.25) is 4.79 Å². The lowest BCUT2D eigenvalue weighted by molar-refractivity contribution is -0.910. The van der Waals surface area contributed by atoms with Gasteiger partial charge in [0.1, 0.15) is 17.5 Å². The Labute approximate surface area is 177 Å². The first-order chi connectivity index (χ1) is 14.7. The minimum atomic E-state index is 0.0959. The second-order valence-corrected chi connectivity index (χ2v) is 7.85. The lowest BCUT2D eigenvalue weighted by atomic mass is 10.0. The number of ether oxygens (including phenoxy) is 2. The number of para-hydroxylation sites is 1. The molecule has 1 fully saturated rings. The molecule has 0 bridgehead atoms. The van der Waals surface area contributed by atoms with Crippen molar-refractivity contribution in [3.8, 4) is 11.5 Å². The molecule has 0 radical (unpaired) electrons. The molecule has 158 valence electrons. The fourth-order valence-electron chi connectivity index (χ4n) is 4.55. The van der Waals surface area contributed by atoms with Gasteiger partial charge in [-0.25, -0.2) is 0 Å². The molecular weight excluding hydrogens is 378 g/mol. The monoisotopic (exact) mass is 408 g/mol. The van der Waals surface area contributed by atoms with Gasteiger partial charge in [0.05, 0.1) is 26.3 Å². The normalized spacial score (nSPS) is 18.5. The van der Waals surface area contributed by atoms with Gasteiger partial charge in [-0.2, -0.15) is 0 Å². The van der Waals surface area contributed by atoms with Crippen LogP contribution in [0, 0.1) is 0 Å². The van der Waals surface area contributed by atoms with Crippen molar-refractivity contribution >= 4 is 16.8 Å². The minimum Gasteiger partial charge on any atom is -0.497 e. The third-order valence-electron chi connectivity index (χ3n) is 6.07. The van der Waals surface area contributed by atoms with E-state index in [1.807, 2.05) is 36.5 Å². The highest BCUT2D eigenvalue weighted by Gasteiger charge is 2.33. The van der Waals surface area contributed by atoms with E-state index >= 15 is 0 Å². The molecule has 1 unspecified atom stereocenters. The maximum atomic E-state index is 12.6. The molecule has 1 aliphatic rings. The molecule has 4 rings (SSSR count). The fraction of sp³-hybridized carbons (Fsp3) is 0.375. The van der Waals surface area contributed by atoms with Gasteiger partial charge >= 0.3 is 0 Å². The van der Waals surface area contributed by atoms with Crippen molar-refractivity contribution in [3.05, 3.63) is 59.8 Å². The highest BCUT2D eigenvalue weighted by molar-refractivity contribution is 5.83. The van der Waals surface area contributed by atoms with Gasteiger partial charge in [0, 0.05) is 36.5 Å². The van der Waals surface area contributed by atoms with Gasteiger partial charge in [-0.15, -0.1) is 0 Å². The number of aromatic nitrogens is 1. The van der Waals surface area contributed by atoms with E-state index in [0.717, 1.165) is 48.4 Å². The molecule has 2 heterocycles. The quantitative estimate of drug-likeness (QED) is 0.536. The number of amides is 1. The van der Waals surface area contributed by atoms with Crippen LogP contribution in [0.3, 0.4) is 0 Å². The van der Waals surface area contributed by atoms with E-state index in [1.54, 1.807) is 14.2 Å². The molecule has 30 heavy (non-hydrogen) atoms. The molecule has 1 amide bonds. The van der Waals surface area contributed by atoms with Crippen LogP contribution < -0.4 is 19.7 Å². The van der Waals surface area contributed by atoms with Crippen LogP contribution in [0.15, 0.2) is 48.7 Å². The van der Waals surface area contributed by atoms with Gasteiger partial charge in [-0.05, 0) is 36.2 Å². The van der Waals surface area contributed by atoms with Crippen molar-refractivity contribution < 1.29 is 19.2 Å². The molecular formula is C24H30N3O3+. The smallest absolute Gasteiger partial charge is 0.275 e. The summed E-state index contributed by atoms with van der Waals surface area (Å²) in [5, 5.41) is 4.33. The number of H-pyrrole nitrogens is 1. The number of nitrogens with one attached hydrogen (secondary N) is 3. The second-order valence-electron chi connectivity index (χ2n) is 7.85. The second kappa shape index (κ2) is 9.22. The summed E-state index contributed by atoms with van der Waals surface area (Å²) in [6.07, 6.45) is 5.00. The number of likely N-dealkylation sites (tertiary alicyclic amines) is 1. The average Bonchev–Trinajstić information content (AvgIpc) is 3.40. The molecule has 0 spiro atoms. The van der Waals surface area contributed by atoms with Gasteiger partial charge in [0.25, 0.3) is 5.91 Å². The number of methoxy groups -OCH3 is 2. The van der Waals surface area contributed by atoms with E-state index in [2.05, 4.69) is 22.4 Å². The summed E-state index contributed by atoms with van der Waals surface area (Å²) in [4.78, 5) is 17.2. The number of hydrogen-bond donors (Lipinski definition) is 3. The first-order valence-corrected chi connectivity index (χ1v) is 10.6. The van der Waals surface area contributed by atoms with Gasteiger partial charge in [0.15, 0.2) is 6.54 Å². The topological polar surface area (TPSA) is 67.8 Å². The molecule has 6 heteroatoms. The molecule has 6 nitrogen and oxygen atoms in total. The largest absolute Gasteiger partial charge is 0.497 e. The summed E-state index contributed by atoms with van der Waals surface area (Å²) in [7, 11) is 3.36. The zero-order valence-electron chi connectivity index (χ0n) is 17.7. The molecule has 3 aromatic rings. The molecule has 0 aliphatic carbocycles. The Kier molecular flexibility index (Phi) is 6.23. The molecule has 1 aromatic heterocycles. The number of carbonyl (C=O) groups is 1. The van der Waals surface area contributed by atoms with E-state index in [0.29, 0.717) is 13.1 Å². The highest BCUT2D eigenvalue weighted by Crippen LogP contribution is 2.31. The maximum Gasteiger partial charge on any atom is 0.275 e. The van der Waals surface area contributed by atoms with Crippen LogP contribution in [-0.4, -0.2) is 44.7 Å². The van der Waals surface area contributed by atoms with E-state index in [1.165, 1.54) is 15.8 Å². The Bertz CT molecular complexity index is 1010. The van der Waals surface area contributed by atoms with Crippen molar-refractivity contribution in [1.82, 2.24) is 10.3 Å². The summed E-state index contributed by atoms with van der Waals surface area (Å²) in [6, 6.07) is 14.4. The zero-order valence-corrected chi connectivity index (χ0v) is 17.7. The van der Waals surface area contributed by atoms with E-state index in [4.69, 9.17) is 9.47 Å². The van der Waals surface area contributed by atoms with Gasteiger partial charge in [0.2, 0.25) is 0 Å². The van der Waals surface area contributed by atoms with E-state index in [9.17, 15) is 4.79 Å². The number of hydrogen-bond acceptors (Lipinski definition) is 3. The van der Waals surface area contributed by atoms with Gasteiger partial charge in [-0.1, -0.05) is 18.2 Å². The van der Waals surface area contributed by atoms with Crippen LogP contribution >= 0.6 is 0 Å². The van der Waals surface area contributed by atoms with Crippen LogP contribution in [0.5, 0.6) is 11.5 Å². The van der Waals surface area contributed by atoms with Crippen molar-refractivity contribution in [1.29, 1.82) is 0 Å². The molecule has 2 atom stereocenters. The molecule has 1 saturated heterocycles. The molecule has 1 aliphatic heterocycles. The number of carbonyl (C=O) groups excluding carboxylic acids is 1. The summed E-state index contributed by atoms with van der Waals surface area (Å²) in [5.41, 5.74) is 3.49. The number of aromatic amines is 1. The fourth-order valence-corrected chi connectivity index (χ4v) is 4.55. The first kappa shape index (κ1) is 20.3. The van der Waals surface area contributed by atoms with E-state index < -0.39 is 0 Å². The summed E-state index contributed by atoms with van der Waals surface area (Å²) in [5.74, 6) is 1.78. The van der Waals surface area contributed by atoms with Crippen LogP contribution in [0.2, 0.25) is 0 Å². The van der Waals surface area contributed by atoms with Crippen molar-refractivity contribution in [2.75, 3.05) is 33.9 Å². The summed E-state index contributed by atoms with van der Waals surface area (Å²) in [6.45, 7) is 2.10. The predicted molar refractivity (Wildman–Crippen MR) is 117 cm³/mol. The Morgan fingerprint density at radius 1 is 1.20 bits per heavy atom. The number of rotatable bonds is 8. The lowest BCUT2D eigenvalue weighted by Gasteiger charge is -2.23. The van der Waals surface area contributed by atoms with Crippen LogP contribution in [-0.2, 0) is 11.2 Å². The Hall–Kier alpha value is -2.99. The van der Waals surface area contributed by atoms with Crippen molar-refractivity contribution in [2.24, 2.45) is 0 Å². The highest BCUT2D eigenvalue weighted by atomic mass is 16.5. The Morgan fingerprint density at radius 3 is 2.90 bits per heavy atom. The van der Waals surface area contributed by atoms with Crippen molar-refractivity contribution in [2.45, 2.75) is 25.3 Å². The minimum absolute atomic E-state index is 0.0959. The average molecular weight is 409 g/mol. The van der Waals surface area contributed by atoms with E-state index in [-0.39, 0.29) is 11.9 Å². The SMILES string of the molecule is COc1ccc(OC)c([C@H]2CCC[NH+]2CC(=O)NCCc2c[nH]c3ccccc23)c1. The summed E-state index contributed by atoms with van der Waals surface area (Å²) < 4.78 is 11.0. The zero-order chi connectivity index (χ0) is 20.9.